The van der Waals surface area contributed by atoms with E-state index in [0.29, 0.717) is 37.5 Å². The van der Waals surface area contributed by atoms with Crippen molar-refractivity contribution in [2.75, 3.05) is 32.5 Å². The molecule has 0 unspecified atom stereocenters. The van der Waals surface area contributed by atoms with E-state index in [9.17, 15) is 13.2 Å². The zero-order chi connectivity index (χ0) is 21.8. The van der Waals surface area contributed by atoms with Crippen LogP contribution in [0.2, 0.25) is 0 Å². The molecule has 1 aliphatic heterocycles. The first-order valence-corrected chi connectivity index (χ1v) is 12.2. The number of nitrogens with zero attached hydrogens (tertiary/aromatic N) is 3. The number of fused-ring (bicyclic) bond motifs is 1. The first-order valence-electron chi connectivity index (χ1n) is 10.3. The molecule has 1 amide bonds. The minimum Gasteiger partial charge on any atom is -0.492 e. The van der Waals surface area contributed by atoms with Gasteiger partial charge in [-0.15, -0.1) is 0 Å². The number of pyridine rings is 1. The first kappa shape index (κ1) is 21.3. The highest BCUT2D eigenvalue weighted by atomic mass is 32.2. The third kappa shape index (κ3) is 4.88. The number of para-hydroxylation sites is 1. The number of nitrogens with one attached hydrogen (secondary N) is 1. The van der Waals surface area contributed by atoms with Crippen molar-refractivity contribution < 1.29 is 17.9 Å². The van der Waals surface area contributed by atoms with Crippen LogP contribution in [0.4, 0.5) is 0 Å². The van der Waals surface area contributed by atoms with Gasteiger partial charge in [0, 0.05) is 25.2 Å². The highest BCUT2D eigenvalue weighted by Gasteiger charge is 2.30. The molecular formula is C22H26N4O4S. The van der Waals surface area contributed by atoms with Crippen LogP contribution in [0.1, 0.15) is 35.1 Å². The second kappa shape index (κ2) is 9.07. The summed E-state index contributed by atoms with van der Waals surface area (Å²) in [6.45, 7) is 1.59. The van der Waals surface area contributed by atoms with Crippen molar-refractivity contribution in [1.82, 2.24) is 19.0 Å². The number of ether oxygens (including phenoxy) is 1. The highest BCUT2D eigenvalue weighted by Crippen LogP contribution is 2.29. The molecular weight excluding hydrogens is 416 g/mol. The van der Waals surface area contributed by atoms with Crippen molar-refractivity contribution in [3.63, 3.8) is 0 Å². The van der Waals surface area contributed by atoms with Gasteiger partial charge in [0.15, 0.2) is 5.69 Å². The number of aromatic nitrogens is 2. The summed E-state index contributed by atoms with van der Waals surface area (Å²) < 4.78 is 33.0. The average molecular weight is 443 g/mol. The molecule has 2 aromatic heterocycles. The molecule has 0 radical (unpaired) electrons. The number of hydrogen-bond donors (Lipinski definition) is 1. The maximum atomic E-state index is 12.8. The third-order valence-electron chi connectivity index (χ3n) is 5.41. The van der Waals surface area contributed by atoms with Crippen LogP contribution >= 0.6 is 0 Å². The molecule has 3 heterocycles. The second-order valence-corrected chi connectivity index (χ2v) is 9.63. The summed E-state index contributed by atoms with van der Waals surface area (Å²) in [4.78, 5) is 17.5. The predicted octanol–water partition coefficient (Wildman–Crippen LogP) is 2.28. The van der Waals surface area contributed by atoms with Gasteiger partial charge < -0.3 is 14.5 Å². The Morgan fingerprint density at radius 2 is 1.97 bits per heavy atom. The van der Waals surface area contributed by atoms with E-state index in [1.807, 2.05) is 59.1 Å². The van der Waals surface area contributed by atoms with E-state index in [1.54, 1.807) is 0 Å². The molecule has 1 aliphatic rings. The van der Waals surface area contributed by atoms with Crippen LogP contribution in [0.15, 0.2) is 54.7 Å². The summed E-state index contributed by atoms with van der Waals surface area (Å²) >= 11 is 0. The van der Waals surface area contributed by atoms with E-state index < -0.39 is 10.0 Å². The molecule has 164 valence electrons. The Kier molecular flexibility index (Phi) is 6.24. The molecule has 4 rings (SSSR count). The molecule has 8 nitrogen and oxygen atoms in total. The van der Waals surface area contributed by atoms with Gasteiger partial charge in [-0.25, -0.2) is 17.7 Å². The van der Waals surface area contributed by atoms with Gasteiger partial charge in [0.2, 0.25) is 10.0 Å². The number of benzene rings is 1. The Hall–Kier alpha value is -2.91. The second-order valence-electron chi connectivity index (χ2n) is 7.65. The van der Waals surface area contributed by atoms with Crippen molar-refractivity contribution in [1.29, 1.82) is 0 Å². The standard InChI is InChI=1S/C22H26N4O4S/c1-31(28,29)25-13-7-8-17(16-25)21-24-20(19-11-5-6-14-26(19)21)22(27)23-12-15-30-18-9-3-2-4-10-18/h2-6,9-11,14,17H,7-8,12-13,15-16H2,1H3,(H,23,27)/t17-/m0/s1. The normalized spacial score (nSPS) is 17.5. The van der Waals surface area contributed by atoms with Crippen molar-refractivity contribution >= 4 is 21.4 Å². The number of carbonyl (C=O) groups is 1. The lowest BCUT2D eigenvalue weighted by molar-refractivity contribution is 0.0944. The van der Waals surface area contributed by atoms with Crippen LogP contribution in [-0.2, 0) is 10.0 Å². The van der Waals surface area contributed by atoms with Gasteiger partial charge in [0.05, 0.1) is 18.3 Å². The van der Waals surface area contributed by atoms with Crippen molar-refractivity contribution in [3.8, 4) is 5.75 Å². The summed E-state index contributed by atoms with van der Waals surface area (Å²) in [7, 11) is -3.26. The summed E-state index contributed by atoms with van der Waals surface area (Å²) in [5, 5.41) is 2.86. The Bertz CT molecular complexity index is 1160. The minimum absolute atomic E-state index is 0.0682. The molecule has 0 bridgehead atoms. The summed E-state index contributed by atoms with van der Waals surface area (Å²) in [6.07, 6.45) is 4.69. The molecule has 9 heteroatoms. The maximum absolute atomic E-state index is 12.8. The summed E-state index contributed by atoms with van der Waals surface area (Å²) in [6, 6.07) is 15.0. The van der Waals surface area contributed by atoms with Crippen LogP contribution < -0.4 is 10.1 Å². The van der Waals surface area contributed by atoms with Crippen LogP contribution in [-0.4, -0.2) is 60.5 Å². The fourth-order valence-electron chi connectivity index (χ4n) is 3.90. The maximum Gasteiger partial charge on any atom is 0.272 e. The molecule has 1 aromatic carbocycles. The molecule has 31 heavy (non-hydrogen) atoms. The Morgan fingerprint density at radius 1 is 1.19 bits per heavy atom. The molecule has 1 atom stereocenters. The largest absolute Gasteiger partial charge is 0.492 e. The smallest absolute Gasteiger partial charge is 0.272 e. The third-order valence-corrected chi connectivity index (χ3v) is 6.68. The van der Waals surface area contributed by atoms with Gasteiger partial charge >= 0.3 is 0 Å². The van der Waals surface area contributed by atoms with Crippen molar-refractivity contribution in [2.45, 2.75) is 18.8 Å². The van der Waals surface area contributed by atoms with Gasteiger partial charge in [0.1, 0.15) is 18.2 Å². The van der Waals surface area contributed by atoms with Crippen LogP contribution in [0.3, 0.4) is 0 Å². The number of piperidine rings is 1. The van der Waals surface area contributed by atoms with E-state index in [2.05, 4.69) is 10.3 Å². The van der Waals surface area contributed by atoms with Crippen molar-refractivity contribution in [2.24, 2.45) is 0 Å². The number of hydrogen-bond acceptors (Lipinski definition) is 5. The van der Waals surface area contributed by atoms with E-state index >= 15 is 0 Å². The van der Waals surface area contributed by atoms with E-state index in [0.717, 1.165) is 24.4 Å². The van der Waals surface area contributed by atoms with E-state index in [1.165, 1.54) is 10.6 Å². The number of carbonyl (C=O) groups excluding carboxylic acids is 1. The molecule has 0 spiro atoms. The van der Waals surface area contributed by atoms with Gasteiger partial charge in [-0.2, -0.15) is 0 Å². The molecule has 1 fully saturated rings. The van der Waals surface area contributed by atoms with Crippen molar-refractivity contribution in [3.05, 3.63) is 66.2 Å². The monoisotopic (exact) mass is 442 g/mol. The molecule has 0 saturated carbocycles. The summed E-state index contributed by atoms with van der Waals surface area (Å²) in [5.41, 5.74) is 1.04. The molecule has 0 aliphatic carbocycles. The quantitative estimate of drug-likeness (QED) is 0.567. The van der Waals surface area contributed by atoms with Crippen LogP contribution in [0.25, 0.3) is 5.52 Å². The van der Waals surface area contributed by atoms with E-state index in [4.69, 9.17) is 4.74 Å². The van der Waals surface area contributed by atoms with Crippen LogP contribution in [0, 0.1) is 0 Å². The fraction of sp³-hybridized carbons (Fsp3) is 0.364. The van der Waals surface area contributed by atoms with Gasteiger partial charge in [-0.05, 0) is 37.1 Å². The lowest BCUT2D eigenvalue weighted by atomic mass is 9.99. The topological polar surface area (TPSA) is 93.0 Å². The summed E-state index contributed by atoms with van der Waals surface area (Å²) in [5.74, 6) is 1.12. The minimum atomic E-state index is -3.26. The highest BCUT2D eigenvalue weighted by molar-refractivity contribution is 7.88. The average Bonchev–Trinajstić information content (AvgIpc) is 3.17. The van der Waals surface area contributed by atoms with E-state index in [-0.39, 0.29) is 11.8 Å². The van der Waals surface area contributed by atoms with Gasteiger partial charge in [-0.3, -0.25) is 4.79 Å². The zero-order valence-corrected chi connectivity index (χ0v) is 18.2. The number of imidazole rings is 1. The Morgan fingerprint density at radius 3 is 2.74 bits per heavy atom. The molecule has 1 N–H and O–H groups in total. The first-order chi connectivity index (χ1) is 14.9. The lowest BCUT2D eigenvalue weighted by Crippen LogP contribution is -2.38. The zero-order valence-electron chi connectivity index (χ0n) is 17.4. The molecule has 1 saturated heterocycles. The lowest BCUT2D eigenvalue weighted by Gasteiger charge is -2.30. The van der Waals surface area contributed by atoms with Gasteiger partial charge in [0.25, 0.3) is 5.91 Å². The van der Waals surface area contributed by atoms with Gasteiger partial charge in [-0.1, -0.05) is 24.3 Å². The molecule has 3 aromatic rings. The fourth-order valence-corrected chi connectivity index (χ4v) is 4.82. The number of sulfonamides is 1. The number of rotatable bonds is 7. The Labute approximate surface area is 181 Å². The van der Waals surface area contributed by atoms with Crippen LogP contribution in [0.5, 0.6) is 5.75 Å². The Balaban J connectivity index is 1.49. The predicted molar refractivity (Wildman–Crippen MR) is 118 cm³/mol. The SMILES string of the molecule is CS(=O)(=O)N1CCC[C@H](c2nc(C(=O)NCCOc3ccccc3)c3ccccn23)C1. The number of amides is 1.